The van der Waals surface area contributed by atoms with Crippen molar-refractivity contribution in [3.63, 3.8) is 0 Å². The first-order chi connectivity index (χ1) is 11.6. The van der Waals surface area contributed by atoms with Gasteiger partial charge in [0.2, 0.25) is 0 Å². The largest absolute Gasteiger partial charge is 0.465 e. The summed E-state index contributed by atoms with van der Waals surface area (Å²) in [5, 5.41) is 11.4. The van der Waals surface area contributed by atoms with Crippen LogP contribution in [0.5, 0.6) is 0 Å². The highest BCUT2D eigenvalue weighted by molar-refractivity contribution is 6.35. The summed E-state index contributed by atoms with van der Waals surface area (Å²) in [4.78, 5) is 26.4. The third-order valence-corrected chi connectivity index (χ3v) is 5.03. The summed E-state index contributed by atoms with van der Waals surface area (Å²) in [6, 6.07) is 6.95. The first-order valence-electron chi connectivity index (χ1n) is 8.49. The molecule has 1 aromatic carbocycles. The number of pyridine rings is 1. The Kier molecular flexibility index (Phi) is 4.31. The molecule has 3 rings (SSSR count). The Morgan fingerprint density at radius 3 is 2.52 bits per heavy atom. The molecule has 0 radical (unpaired) electrons. The summed E-state index contributed by atoms with van der Waals surface area (Å²) in [6.07, 6.45) is 0.858. The van der Waals surface area contributed by atoms with Crippen LogP contribution in [-0.2, 0) is 0 Å². The van der Waals surface area contributed by atoms with Gasteiger partial charge >= 0.3 is 6.09 Å². The van der Waals surface area contributed by atoms with E-state index in [9.17, 15) is 14.7 Å². The van der Waals surface area contributed by atoms with Crippen molar-refractivity contribution >= 4 is 28.5 Å². The molecular formula is C19H23ClN2O3. The molecule has 134 valence electrons. The van der Waals surface area contributed by atoms with E-state index in [2.05, 4.69) is 0 Å². The molecule has 1 amide bonds. The second-order valence-corrected chi connectivity index (χ2v) is 8.09. The van der Waals surface area contributed by atoms with Crippen molar-refractivity contribution in [2.45, 2.75) is 58.2 Å². The van der Waals surface area contributed by atoms with Crippen molar-refractivity contribution in [2.75, 3.05) is 0 Å². The minimum Gasteiger partial charge on any atom is -0.465 e. The molecule has 1 N–H and O–H groups in total. The molecule has 5 nitrogen and oxygen atoms in total. The van der Waals surface area contributed by atoms with E-state index in [0.717, 1.165) is 23.9 Å². The summed E-state index contributed by atoms with van der Waals surface area (Å²) in [7, 11) is 0. The number of amides is 1. The van der Waals surface area contributed by atoms with Gasteiger partial charge in [-0.15, -0.1) is 0 Å². The predicted molar refractivity (Wildman–Crippen MR) is 99.5 cm³/mol. The fourth-order valence-electron chi connectivity index (χ4n) is 3.55. The zero-order valence-electron chi connectivity index (χ0n) is 14.9. The lowest BCUT2D eigenvalue weighted by molar-refractivity contribution is 0.0726. The normalized spacial score (nSPS) is 16.0. The molecule has 25 heavy (non-hydrogen) atoms. The lowest BCUT2D eigenvalue weighted by atomic mass is 10.0. The van der Waals surface area contributed by atoms with Gasteiger partial charge in [0.1, 0.15) is 0 Å². The second kappa shape index (κ2) is 6.06. The Labute approximate surface area is 151 Å². The summed E-state index contributed by atoms with van der Waals surface area (Å²) in [5.74, 6) is 0. The number of hydrogen-bond acceptors (Lipinski definition) is 2. The first kappa shape index (κ1) is 17.8. The monoisotopic (exact) mass is 362 g/mol. The van der Waals surface area contributed by atoms with Crippen LogP contribution in [0.2, 0.25) is 5.02 Å². The van der Waals surface area contributed by atoms with Gasteiger partial charge in [0.05, 0.1) is 16.5 Å². The van der Waals surface area contributed by atoms with Crippen molar-refractivity contribution in [2.24, 2.45) is 0 Å². The Morgan fingerprint density at radius 2 is 2.00 bits per heavy atom. The Balaban J connectivity index is 2.27. The van der Waals surface area contributed by atoms with Crippen LogP contribution in [0.1, 0.15) is 58.3 Å². The van der Waals surface area contributed by atoms with Crippen molar-refractivity contribution in [1.82, 2.24) is 9.47 Å². The minimum absolute atomic E-state index is 0.126. The number of aromatic nitrogens is 1. The molecule has 1 aliphatic rings. The predicted octanol–water partition coefficient (Wildman–Crippen LogP) is 4.83. The van der Waals surface area contributed by atoms with Gasteiger partial charge in [-0.25, -0.2) is 4.79 Å². The van der Waals surface area contributed by atoms with Crippen LogP contribution >= 0.6 is 11.6 Å². The minimum atomic E-state index is -0.999. The number of hydrogen-bond donors (Lipinski definition) is 1. The smallest absolute Gasteiger partial charge is 0.408 e. The number of rotatable bonds is 3. The van der Waals surface area contributed by atoms with Gasteiger partial charge in [0, 0.05) is 17.3 Å². The van der Waals surface area contributed by atoms with Crippen LogP contribution in [-0.4, -0.2) is 26.2 Å². The molecule has 1 unspecified atom stereocenters. The molecule has 0 bridgehead atoms. The van der Waals surface area contributed by atoms with E-state index in [0.29, 0.717) is 10.4 Å². The van der Waals surface area contributed by atoms with Crippen LogP contribution in [0.4, 0.5) is 4.79 Å². The van der Waals surface area contributed by atoms with E-state index >= 15 is 0 Å². The number of halogens is 1. The molecule has 0 aliphatic heterocycles. The van der Waals surface area contributed by atoms with Gasteiger partial charge in [-0.3, -0.25) is 9.69 Å². The molecule has 1 aromatic heterocycles. The summed E-state index contributed by atoms with van der Waals surface area (Å²) >= 11 is 6.26. The van der Waals surface area contributed by atoms with Crippen LogP contribution in [0.15, 0.2) is 29.1 Å². The number of nitrogens with zero attached hydrogens (tertiary/aromatic N) is 2. The molecule has 1 atom stereocenters. The van der Waals surface area contributed by atoms with E-state index in [4.69, 9.17) is 11.6 Å². The molecule has 0 saturated heterocycles. The third kappa shape index (κ3) is 3.13. The standard InChI is InChI=1S/C19H23ClN2O3/c1-11(22(18(24)25)19(2,3)4)15-10-12-6-5-7-14(20)16(12)17(23)21(15)13-8-9-13/h5-7,10-11,13H,8-9H2,1-4H3,(H,24,25). The number of carboxylic acid groups (broad SMARTS) is 1. The van der Waals surface area contributed by atoms with Gasteiger partial charge < -0.3 is 9.67 Å². The topological polar surface area (TPSA) is 62.5 Å². The Bertz CT molecular complexity index is 894. The van der Waals surface area contributed by atoms with Gasteiger partial charge in [-0.05, 0) is 58.1 Å². The summed E-state index contributed by atoms with van der Waals surface area (Å²) < 4.78 is 1.75. The highest BCUT2D eigenvalue weighted by Crippen LogP contribution is 2.39. The molecule has 1 fully saturated rings. The van der Waals surface area contributed by atoms with E-state index in [1.165, 1.54) is 4.90 Å². The van der Waals surface area contributed by atoms with Gasteiger partial charge in [-0.2, -0.15) is 0 Å². The fraction of sp³-hybridized carbons (Fsp3) is 0.474. The Hall–Kier alpha value is -2.01. The average molecular weight is 363 g/mol. The summed E-state index contributed by atoms with van der Waals surface area (Å²) in [5.41, 5.74) is 0.00480. The number of carbonyl (C=O) groups is 1. The summed E-state index contributed by atoms with van der Waals surface area (Å²) in [6.45, 7) is 7.41. The second-order valence-electron chi connectivity index (χ2n) is 7.68. The zero-order valence-corrected chi connectivity index (χ0v) is 15.7. The lowest BCUT2D eigenvalue weighted by Crippen LogP contribution is -2.47. The maximum atomic E-state index is 13.1. The van der Waals surface area contributed by atoms with Crippen LogP contribution in [0.3, 0.4) is 0 Å². The molecule has 2 aromatic rings. The van der Waals surface area contributed by atoms with Gasteiger partial charge in [0.25, 0.3) is 5.56 Å². The molecule has 1 aliphatic carbocycles. The van der Waals surface area contributed by atoms with Crippen LogP contribution < -0.4 is 5.56 Å². The van der Waals surface area contributed by atoms with Crippen LogP contribution in [0.25, 0.3) is 10.8 Å². The maximum absolute atomic E-state index is 13.1. The fourth-order valence-corrected chi connectivity index (χ4v) is 3.81. The maximum Gasteiger partial charge on any atom is 0.408 e. The zero-order chi connectivity index (χ0) is 18.5. The van der Waals surface area contributed by atoms with Crippen molar-refractivity contribution in [3.8, 4) is 0 Å². The van der Waals surface area contributed by atoms with E-state index < -0.39 is 17.7 Å². The number of fused-ring (bicyclic) bond motifs is 1. The van der Waals surface area contributed by atoms with Crippen molar-refractivity contribution in [3.05, 3.63) is 45.3 Å². The highest BCUT2D eigenvalue weighted by Gasteiger charge is 2.36. The molecule has 1 heterocycles. The van der Waals surface area contributed by atoms with Crippen LogP contribution in [0, 0.1) is 0 Å². The van der Waals surface area contributed by atoms with Crippen molar-refractivity contribution < 1.29 is 9.90 Å². The van der Waals surface area contributed by atoms with Gasteiger partial charge in [0.15, 0.2) is 0 Å². The van der Waals surface area contributed by atoms with E-state index in [-0.39, 0.29) is 11.6 Å². The molecule has 1 saturated carbocycles. The molecular weight excluding hydrogens is 340 g/mol. The van der Waals surface area contributed by atoms with E-state index in [1.54, 1.807) is 16.7 Å². The number of benzene rings is 1. The highest BCUT2D eigenvalue weighted by atomic mass is 35.5. The molecule has 6 heteroatoms. The third-order valence-electron chi connectivity index (χ3n) is 4.72. The Morgan fingerprint density at radius 1 is 1.36 bits per heavy atom. The van der Waals surface area contributed by atoms with Crippen molar-refractivity contribution in [1.29, 1.82) is 0 Å². The van der Waals surface area contributed by atoms with E-state index in [1.807, 2.05) is 39.8 Å². The lowest BCUT2D eigenvalue weighted by Gasteiger charge is -2.39. The first-order valence-corrected chi connectivity index (χ1v) is 8.86. The SMILES string of the molecule is CC(c1cc2cccc(Cl)c2c(=O)n1C1CC1)N(C(=O)O)C(C)(C)C. The quantitative estimate of drug-likeness (QED) is 0.850. The van der Waals surface area contributed by atoms with Gasteiger partial charge in [-0.1, -0.05) is 23.7 Å². The average Bonchev–Trinajstić information content (AvgIpc) is 3.29. The molecule has 0 spiro atoms.